The van der Waals surface area contributed by atoms with Gasteiger partial charge in [0.05, 0.1) is 5.52 Å². The SMILES string of the molecule is CC1(Oc2ccc3[nH]nc(-c4ccnc(N5CC[C@H](N)C5)c4)c3c2)CC1. The lowest BCUT2D eigenvalue weighted by Gasteiger charge is -2.17. The number of nitrogens with zero attached hydrogens (tertiary/aromatic N) is 3. The number of ether oxygens (including phenoxy) is 1. The minimum Gasteiger partial charge on any atom is -0.488 e. The molecule has 3 aromatic rings. The lowest BCUT2D eigenvalue weighted by molar-refractivity contribution is 0.200. The van der Waals surface area contributed by atoms with Crippen molar-refractivity contribution in [2.24, 2.45) is 5.73 Å². The molecule has 1 saturated heterocycles. The summed E-state index contributed by atoms with van der Waals surface area (Å²) in [7, 11) is 0. The molecule has 1 atom stereocenters. The molecule has 3 heterocycles. The quantitative estimate of drug-likeness (QED) is 0.756. The topological polar surface area (TPSA) is 80.1 Å². The van der Waals surface area contributed by atoms with Gasteiger partial charge in [0.15, 0.2) is 0 Å². The van der Waals surface area contributed by atoms with Crippen LogP contribution in [0.1, 0.15) is 26.2 Å². The van der Waals surface area contributed by atoms with E-state index < -0.39 is 0 Å². The van der Waals surface area contributed by atoms with Crippen LogP contribution in [0.15, 0.2) is 36.5 Å². The van der Waals surface area contributed by atoms with Gasteiger partial charge in [0, 0.05) is 36.3 Å². The summed E-state index contributed by atoms with van der Waals surface area (Å²) in [5.74, 6) is 1.87. The molecule has 26 heavy (non-hydrogen) atoms. The largest absolute Gasteiger partial charge is 0.488 e. The summed E-state index contributed by atoms with van der Waals surface area (Å²) in [6.07, 6.45) is 5.10. The Morgan fingerprint density at radius 2 is 2.15 bits per heavy atom. The zero-order valence-corrected chi connectivity index (χ0v) is 14.9. The van der Waals surface area contributed by atoms with Crippen molar-refractivity contribution in [3.63, 3.8) is 0 Å². The second-order valence-electron chi connectivity index (χ2n) is 7.73. The molecular formula is C20H23N5O. The third-order valence-corrected chi connectivity index (χ3v) is 5.42. The molecule has 1 saturated carbocycles. The van der Waals surface area contributed by atoms with Gasteiger partial charge in [-0.1, -0.05) is 0 Å². The van der Waals surface area contributed by atoms with E-state index in [-0.39, 0.29) is 11.6 Å². The van der Waals surface area contributed by atoms with Gasteiger partial charge in [-0.25, -0.2) is 4.98 Å². The summed E-state index contributed by atoms with van der Waals surface area (Å²) in [6.45, 7) is 3.97. The van der Waals surface area contributed by atoms with Crippen LogP contribution in [0.5, 0.6) is 5.75 Å². The molecule has 2 aliphatic rings. The van der Waals surface area contributed by atoms with Crippen molar-refractivity contribution in [3.05, 3.63) is 36.5 Å². The van der Waals surface area contributed by atoms with Crippen molar-refractivity contribution >= 4 is 16.7 Å². The summed E-state index contributed by atoms with van der Waals surface area (Å²) < 4.78 is 6.12. The monoisotopic (exact) mass is 349 g/mol. The van der Waals surface area contributed by atoms with Crippen LogP contribution in [0.3, 0.4) is 0 Å². The summed E-state index contributed by atoms with van der Waals surface area (Å²) in [6, 6.07) is 10.5. The standard InChI is InChI=1S/C20H23N5O/c1-20(6-7-20)26-15-2-3-17-16(11-15)19(24-23-17)13-4-8-22-18(10-13)25-9-5-14(21)12-25/h2-4,8,10-11,14H,5-7,9,12,21H2,1H3,(H,23,24)/t14-/m0/s1. The minimum atomic E-state index is 0.00985. The number of rotatable bonds is 4. The molecule has 0 amide bonds. The molecule has 2 aromatic heterocycles. The highest BCUT2D eigenvalue weighted by Crippen LogP contribution is 2.40. The first-order valence-corrected chi connectivity index (χ1v) is 9.24. The molecule has 6 nitrogen and oxygen atoms in total. The average molecular weight is 349 g/mol. The van der Waals surface area contributed by atoms with Crippen molar-refractivity contribution in [2.45, 2.75) is 37.8 Å². The molecule has 5 rings (SSSR count). The van der Waals surface area contributed by atoms with Gasteiger partial charge in [-0.15, -0.1) is 0 Å². The number of hydrogen-bond donors (Lipinski definition) is 2. The van der Waals surface area contributed by atoms with Crippen LogP contribution < -0.4 is 15.4 Å². The molecule has 1 aliphatic heterocycles. The van der Waals surface area contributed by atoms with Crippen molar-refractivity contribution in [1.82, 2.24) is 15.2 Å². The Kier molecular flexibility index (Phi) is 3.43. The van der Waals surface area contributed by atoms with Crippen LogP contribution >= 0.6 is 0 Å². The number of H-pyrrole nitrogens is 1. The Morgan fingerprint density at radius 1 is 1.27 bits per heavy atom. The third kappa shape index (κ3) is 2.80. The van der Waals surface area contributed by atoms with E-state index in [1.165, 1.54) is 0 Å². The fraction of sp³-hybridized carbons (Fsp3) is 0.400. The van der Waals surface area contributed by atoms with Gasteiger partial charge in [0.25, 0.3) is 0 Å². The van der Waals surface area contributed by atoms with Crippen LogP contribution in [-0.2, 0) is 0 Å². The van der Waals surface area contributed by atoms with Gasteiger partial charge in [-0.05, 0) is 56.5 Å². The van der Waals surface area contributed by atoms with Gasteiger partial charge < -0.3 is 15.4 Å². The van der Waals surface area contributed by atoms with E-state index in [0.717, 1.165) is 66.1 Å². The number of anilines is 1. The van der Waals surface area contributed by atoms with Crippen molar-refractivity contribution in [1.29, 1.82) is 0 Å². The van der Waals surface area contributed by atoms with Crippen molar-refractivity contribution in [2.75, 3.05) is 18.0 Å². The van der Waals surface area contributed by atoms with E-state index in [1.807, 2.05) is 24.4 Å². The first-order chi connectivity index (χ1) is 12.6. The van der Waals surface area contributed by atoms with Gasteiger partial charge in [0.2, 0.25) is 0 Å². The van der Waals surface area contributed by atoms with Crippen LogP contribution in [0.25, 0.3) is 22.2 Å². The van der Waals surface area contributed by atoms with Crippen molar-refractivity contribution in [3.8, 4) is 17.0 Å². The van der Waals surface area contributed by atoms with Crippen LogP contribution in [-0.4, -0.2) is 39.9 Å². The van der Waals surface area contributed by atoms with E-state index in [1.54, 1.807) is 0 Å². The molecule has 3 N–H and O–H groups in total. The Bertz CT molecular complexity index is 962. The lowest BCUT2D eigenvalue weighted by atomic mass is 10.1. The Hall–Kier alpha value is -2.60. The molecule has 1 aliphatic carbocycles. The Balaban J connectivity index is 1.51. The number of fused-ring (bicyclic) bond motifs is 1. The smallest absolute Gasteiger partial charge is 0.129 e. The summed E-state index contributed by atoms with van der Waals surface area (Å²) in [4.78, 5) is 6.77. The summed E-state index contributed by atoms with van der Waals surface area (Å²) >= 11 is 0. The van der Waals surface area contributed by atoms with Gasteiger partial charge in [-0.2, -0.15) is 5.10 Å². The fourth-order valence-electron chi connectivity index (χ4n) is 3.57. The van der Waals surface area contributed by atoms with Crippen LogP contribution in [0.2, 0.25) is 0 Å². The molecule has 134 valence electrons. The molecule has 1 aromatic carbocycles. The Labute approximate surface area is 152 Å². The van der Waals surface area contributed by atoms with E-state index in [9.17, 15) is 0 Å². The number of benzene rings is 1. The third-order valence-electron chi connectivity index (χ3n) is 5.42. The lowest BCUT2D eigenvalue weighted by Crippen LogP contribution is -2.26. The van der Waals surface area contributed by atoms with Crippen molar-refractivity contribution < 1.29 is 4.74 Å². The number of nitrogens with one attached hydrogen (secondary N) is 1. The average Bonchev–Trinajstić information content (AvgIpc) is 3.05. The first-order valence-electron chi connectivity index (χ1n) is 9.24. The van der Waals surface area contributed by atoms with Crippen LogP contribution in [0.4, 0.5) is 5.82 Å². The highest BCUT2D eigenvalue weighted by molar-refractivity contribution is 5.94. The maximum Gasteiger partial charge on any atom is 0.129 e. The van der Waals surface area contributed by atoms with E-state index >= 15 is 0 Å². The maximum absolute atomic E-state index is 6.12. The molecular weight excluding hydrogens is 326 g/mol. The number of aromatic amines is 1. The molecule has 6 heteroatoms. The van der Waals surface area contributed by atoms with E-state index in [0.29, 0.717) is 0 Å². The highest BCUT2D eigenvalue weighted by atomic mass is 16.5. The number of hydrogen-bond acceptors (Lipinski definition) is 5. The molecule has 0 bridgehead atoms. The van der Waals surface area contributed by atoms with Gasteiger partial charge >= 0.3 is 0 Å². The van der Waals surface area contributed by atoms with E-state index in [4.69, 9.17) is 10.5 Å². The fourth-order valence-corrected chi connectivity index (χ4v) is 3.57. The number of aromatic nitrogens is 3. The zero-order chi connectivity index (χ0) is 17.7. The highest BCUT2D eigenvalue weighted by Gasteiger charge is 2.40. The summed E-state index contributed by atoms with van der Waals surface area (Å²) in [5.41, 5.74) is 9.04. The second kappa shape index (κ2) is 5.71. The minimum absolute atomic E-state index is 0.00985. The maximum atomic E-state index is 6.12. The normalized spacial score (nSPS) is 21.3. The molecule has 0 spiro atoms. The predicted octanol–water partition coefficient (Wildman–Crippen LogP) is 3.09. The summed E-state index contributed by atoms with van der Waals surface area (Å²) in [5, 5.41) is 8.75. The van der Waals surface area contributed by atoms with Crippen LogP contribution in [0, 0.1) is 0 Å². The zero-order valence-electron chi connectivity index (χ0n) is 14.9. The Morgan fingerprint density at radius 3 is 2.92 bits per heavy atom. The molecule has 2 fully saturated rings. The molecule has 0 unspecified atom stereocenters. The number of nitrogens with two attached hydrogens (primary N) is 1. The van der Waals surface area contributed by atoms with E-state index in [2.05, 4.69) is 39.1 Å². The second-order valence-corrected chi connectivity index (χ2v) is 7.73. The van der Waals surface area contributed by atoms with Gasteiger partial charge in [0.1, 0.15) is 22.9 Å². The predicted molar refractivity (Wildman–Crippen MR) is 102 cm³/mol. The number of pyridine rings is 1. The first kappa shape index (κ1) is 15.6. The molecule has 0 radical (unpaired) electrons. The van der Waals surface area contributed by atoms with Gasteiger partial charge in [-0.3, -0.25) is 5.10 Å².